The van der Waals surface area contributed by atoms with Crippen LogP contribution in [0.1, 0.15) is 52.1 Å². The molecule has 4 heterocycles. The number of primary amides is 1. The van der Waals surface area contributed by atoms with Crippen molar-refractivity contribution in [1.82, 2.24) is 29.3 Å². The molecular formula is C33H31FN8O2. The molecule has 6 aromatic rings. The number of nitrogen functional groups attached to an aromatic ring is 1. The van der Waals surface area contributed by atoms with Crippen molar-refractivity contribution in [3.8, 4) is 22.9 Å². The fraction of sp³-hybridized carbons (Fsp3) is 0.152. The number of nitrogens with zero attached hydrogens (tertiary/aromatic N) is 6. The number of aryl methyl sites for hydroxylation is 2. The van der Waals surface area contributed by atoms with Crippen LogP contribution in [0, 0.1) is 5.82 Å². The van der Waals surface area contributed by atoms with Crippen molar-refractivity contribution in [1.29, 1.82) is 0 Å². The summed E-state index contributed by atoms with van der Waals surface area (Å²) >= 11 is 0. The number of hydrogen-bond acceptors (Lipinski definition) is 7. The lowest BCUT2D eigenvalue weighted by atomic mass is 10.1. The Morgan fingerprint density at radius 1 is 0.955 bits per heavy atom. The summed E-state index contributed by atoms with van der Waals surface area (Å²) in [5.74, 6) is 0.579. The second kappa shape index (κ2) is 13.1. The summed E-state index contributed by atoms with van der Waals surface area (Å²) < 4.78 is 16.5. The molecule has 0 spiro atoms. The first-order chi connectivity index (χ1) is 21.4. The highest BCUT2D eigenvalue weighted by Gasteiger charge is 2.20. The molecule has 0 aliphatic heterocycles. The molecule has 0 unspecified atom stereocenters. The predicted octanol–water partition coefficient (Wildman–Crippen LogP) is 5.50. The van der Waals surface area contributed by atoms with Crippen LogP contribution in [0.15, 0.2) is 85.3 Å². The van der Waals surface area contributed by atoms with Gasteiger partial charge in [-0.15, -0.1) is 0 Å². The Kier molecular flexibility index (Phi) is 8.85. The van der Waals surface area contributed by atoms with Crippen molar-refractivity contribution < 1.29 is 14.0 Å². The standard InChI is InChI=1S/C23H19N7.C8H6FNO2.C2H6/c24-21-18(6-2-11-25-21)22-27-19-9-10-20(29-13-3-12-26-29)28-23(19)30(22)17-8-7-15-4-1-5-16(15)14-17;9-7-2-1-5(8(10)12)3-6(7)4-11;1-2/h2-3,6-14H,1,4-5H2,(H2,24,25);1-4H,(H2,10,12);1-2H3. The van der Waals surface area contributed by atoms with Gasteiger partial charge in [0.2, 0.25) is 5.91 Å². The van der Waals surface area contributed by atoms with Gasteiger partial charge in [-0.25, -0.2) is 24.0 Å². The maximum atomic E-state index is 12.7. The first-order valence-corrected chi connectivity index (χ1v) is 14.2. The summed E-state index contributed by atoms with van der Waals surface area (Å²) in [6, 6.07) is 19.6. The summed E-state index contributed by atoms with van der Waals surface area (Å²) in [5.41, 5.74) is 17.3. The zero-order valence-corrected chi connectivity index (χ0v) is 24.3. The van der Waals surface area contributed by atoms with Gasteiger partial charge in [0.25, 0.3) is 0 Å². The summed E-state index contributed by atoms with van der Waals surface area (Å²) in [5, 5.41) is 4.32. The van der Waals surface area contributed by atoms with Crippen molar-refractivity contribution in [3.63, 3.8) is 0 Å². The van der Waals surface area contributed by atoms with Gasteiger partial charge in [0, 0.05) is 29.8 Å². The number of rotatable bonds is 5. The molecule has 1 amide bonds. The number of aldehydes is 1. The minimum absolute atomic E-state index is 0.124. The first kappa shape index (κ1) is 29.8. The molecule has 0 radical (unpaired) electrons. The zero-order valence-electron chi connectivity index (χ0n) is 24.3. The molecule has 1 aliphatic rings. The Hall–Kier alpha value is -5.71. The summed E-state index contributed by atoms with van der Waals surface area (Å²) in [7, 11) is 0. The summed E-state index contributed by atoms with van der Waals surface area (Å²) in [4.78, 5) is 34.8. The third kappa shape index (κ3) is 5.93. The van der Waals surface area contributed by atoms with E-state index in [-0.39, 0.29) is 11.1 Å². The fourth-order valence-electron chi connectivity index (χ4n) is 5.00. The number of anilines is 1. The van der Waals surface area contributed by atoms with Gasteiger partial charge in [0.05, 0.1) is 11.1 Å². The fourth-order valence-corrected chi connectivity index (χ4v) is 5.00. The zero-order chi connectivity index (χ0) is 31.2. The highest BCUT2D eigenvalue weighted by atomic mass is 19.1. The number of fused-ring (bicyclic) bond motifs is 2. The Bertz CT molecular complexity index is 1950. The lowest BCUT2D eigenvalue weighted by Crippen LogP contribution is -2.11. The molecule has 11 heteroatoms. The van der Waals surface area contributed by atoms with E-state index < -0.39 is 11.7 Å². The van der Waals surface area contributed by atoms with Crippen LogP contribution in [0.2, 0.25) is 0 Å². The average Bonchev–Trinajstić information content (AvgIpc) is 3.82. The number of halogens is 1. The number of imidazole rings is 1. The smallest absolute Gasteiger partial charge is 0.248 e. The normalized spacial score (nSPS) is 11.6. The van der Waals surface area contributed by atoms with Gasteiger partial charge in [-0.3, -0.25) is 14.2 Å². The summed E-state index contributed by atoms with van der Waals surface area (Å²) in [6.45, 7) is 4.00. The van der Waals surface area contributed by atoms with E-state index in [1.807, 2.05) is 50.4 Å². The number of benzene rings is 2. The molecule has 0 saturated carbocycles. The maximum absolute atomic E-state index is 12.7. The molecule has 10 nitrogen and oxygen atoms in total. The van der Waals surface area contributed by atoms with E-state index in [2.05, 4.69) is 32.8 Å². The second-order valence-electron chi connectivity index (χ2n) is 9.69. The predicted molar refractivity (Wildman–Crippen MR) is 167 cm³/mol. The van der Waals surface area contributed by atoms with E-state index in [0.29, 0.717) is 12.1 Å². The Morgan fingerprint density at radius 2 is 1.77 bits per heavy atom. The van der Waals surface area contributed by atoms with Crippen LogP contribution in [0.4, 0.5) is 10.2 Å². The molecular weight excluding hydrogens is 559 g/mol. The molecule has 222 valence electrons. The number of amides is 1. The van der Waals surface area contributed by atoms with Crippen molar-refractivity contribution in [2.45, 2.75) is 33.1 Å². The monoisotopic (exact) mass is 590 g/mol. The highest BCUT2D eigenvalue weighted by molar-refractivity contribution is 5.94. The molecule has 0 fully saturated rings. The Morgan fingerprint density at radius 3 is 2.50 bits per heavy atom. The molecule has 1 aliphatic carbocycles. The van der Waals surface area contributed by atoms with Crippen LogP contribution in [0.3, 0.4) is 0 Å². The van der Waals surface area contributed by atoms with Gasteiger partial charge < -0.3 is 11.5 Å². The van der Waals surface area contributed by atoms with E-state index >= 15 is 0 Å². The van der Waals surface area contributed by atoms with Crippen molar-refractivity contribution >= 4 is 29.2 Å². The van der Waals surface area contributed by atoms with E-state index in [0.717, 1.165) is 59.0 Å². The van der Waals surface area contributed by atoms with Gasteiger partial charge in [-0.1, -0.05) is 19.9 Å². The van der Waals surface area contributed by atoms with Gasteiger partial charge in [-0.2, -0.15) is 5.10 Å². The number of hydrogen-bond donors (Lipinski definition) is 2. The van der Waals surface area contributed by atoms with Crippen LogP contribution >= 0.6 is 0 Å². The quantitative estimate of drug-likeness (QED) is 0.252. The van der Waals surface area contributed by atoms with Crippen LogP contribution in [0.25, 0.3) is 34.1 Å². The molecule has 2 aromatic carbocycles. The third-order valence-electron chi connectivity index (χ3n) is 7.06. The van der Waals surface area contributed by atoms with Gasteiger partial charge in [-0.05, 0) is 91.1 Å². The largest absolute Gasteiger partial charge is 0.383 e. The van der Waals surface area contributed by atoms with E-state index in [4.69, 9.17) is 21.4 Å². The second-order valence-corrected chi connectivity index (χ2v) is 9.69. The van der Waals surface area contributed by atoms with E-state index in [1.165, 1.54) is 23.6 Å². The van der Waals surface area contributed by atoms with Crippen LogP contribution in [0.5, 0.6) is 0 Å². The van der Waals surface area contributed by atoms with Gasteiger partial charge in [0.15, 0.2) is 23.6 Å². The minimum Gasteiger partial charge on any atom is -0.383 e. The van der Waals surface area contributed by atoms with E-state index in [1.54, 1.807) is 17.1 Å². The summed E-state index contributed by atoms with van der Waals surface area (Å²) in [6.07, 6.45) is 9.09. The third-order valence-corrected chi connectivity index (χ3v) is 7.06. The lowest BCUT2D eigenvalue weighted by Gasteiger charge is -2.12. The minimum atomic E-state index is -0.682. The van der Waals surface area contributed by atoms with Crippen molar-refractivity contribution in [2.24, 2.45) is 5.73 Å². The molecule has 0 atom stereocenters. The van der Waals surface area contributed by atoms with Crippen LogP contribution in [-0.2, 0) is 12.8 Å². The van der Waals surface area contributed by atoms with E-state index in [9.17, 15) is 14.0 Å². The molecule has 0 bridgehead atoms. The van der Waals surface area contributed by atoms with Gasteiger partial charge in [0.1, 0.15) is 17.2 Å². The molecule has 44 heavy (non-hydrogen) atoms. The molecule has 4 aromatic heterocycles. The topological polar surface area (TPSA) is 148 Å². The number of nitrogens with two attached hydrogens (primary N) is 2. The first-order valence-electron chi connectivity index (χ1n) is 14.2. The average molecular weight is 591 g/mol. The maximum Gasteiger partial charge on any atom is 0.248 e. The Balaban J connectivity index is 0.000000232. The van der Waals surface area contributed by atoms with Crippen molar-refractivity contribution in [3.05, 3.63) is 113 Å². The van der Waals surface area contributed by atoms with Crippen molar-refractivity contribution in [2.75, 3.05) is 5.73 Å². The molecule has 0 saturated heterocycles. The molecule has 4 N–H and O–H groups in total. The number of carbonyl (C=O) groups excluding carboxylic acids is 2. The highest BCUT2D eigenvalue weighted by Crippen LogP contribution is 2.32. The van der Waals surface area contributed by atoms with Crippen LogP contribution in [-0.4, -0.2) is 41.5 Å². The SMILES string of the molecule is CC.NC(=O)c1ccc(F)c(C=O)c1.Nc1ncccc1-c1nc2ccc(-n3cccn3)nc2n1-c1ccc2c(c1)CCC2. The van der Waals surface area contributed by atoms with Gasteiger partial charge >= 0.3 is 0 Å². The van der Waals surface area contributed by atoms with Crippen LogP contribution < -0.4 is 11.5 Å². The molecule has 7 rings (SSSR count). The number of aromatic nitrogens is 6. The lowest BCUT2D eigenvalue weighted by molar-refractivity contribution is 0.1000. The number of pyridine rings is 2. The number of carbonyl (C=O) groups is 2. The Labute approximate surface area is 253 Å².